The van der Waals surface area contributed by atoms with Gasteiger partial charge >= 0.3 is 5.97 Å². The summed E-state index contributed by atoms with van der Waals surface area (Å²) < 4.78 is 28.6. The molecule has 0 heterocycles. The van der Waals surface area contributed by atoms with Crippen molar-refractivity contribution in [3.05, 3.63) is 22.7 Å². The van der Waals surface area contributed by atoms with Crippen molar-refractivity contribution in [3.8, 4) is 5.75 Å². The Kier molecular flexibility index (Phi) is 6.09. The van der Waals surface area contributed by atoms with Gasteiger partial charge in [0.1, 0.15) is 10.6 Å². The summed E-state index contributed by atoms with van der Waals surface area (Å²) in [4.78, 5) is 10.2. The zero-order valence-corrected chi connectivity index (χ0v) is 13.0. The van der Waals surface area contributed by atoms with Crippen LogP contribution in [0.1, 0.15) is 19.3 Å². The quantitative estimate of drug-likeness (QED) is 0.588. The fraction of sp³-hybridized carbons (Fsp3) is 0.364. The van der Waals surface area contributed by atoms with Crippen LogP contribution in [-0.4, -0.2) is 26.1 Å². The Balaban J connectivity index is 2.66. The number of aliphatic carboxylic acids is 1. The van der Waals surface area contributed by atoms with Gasteiger partial charge in [0.2, 0.25) is 0 Å². The number of rotatable bonds is 7. The number of unbranched alkanes of at least 4 members (excludes halogenated alkanes) is 1. The summed E-state index contributed by atoms with van der Waals surface area (Å²) in [5, 5.41) is 8.47. The third kappa shape index (κ3) is 5.80. The number of carbonyl (C=O) groups is 1. The number of benzene rings is 1. The van der Waals surface area contributed by atoms with E-state index in [-0.39, 0.29) is 23.7 Å². The summed E-state index contributed by atoms with van der Waals surface area (Å²) in [6.45, 7) is 0.230. The highest BCUT2D eigenvalue weighted by Gasteiger charge is 2.17. The van der Waals surface area contributed by atoms with Crippen LogP contribution in [0.3, 0.4) is 0 Å². The number of halogens is 2. The van der Waals surface area contributed by atoms with Crippen molar-refractivity contribution in [2.45, 2.75) is 24.2 Å². The van der Waals surface area contributed by atoms with Crippen molar-refractivity contribution in [2.24, 2.45) is 0 Å². The highest BCUT2D eigenvalue weighted by atomic mass is 79.9. The van der Waals surface area contributed by atoms with Crippen LogP contribution >= 0.6 is 26.6 Å². The zero-order chi connectivity index (χ0) is 14.5. The van der Waals surface area contributed by atoms with E-state index in [1.165, 1.54) is 12.1 Å². The third-order valence-corrected chi connectivity index (χ3v) is 4.05. The standard InChI is InChI=1S/C11H12BrClO5S/c12-8-4-5-9(10(7-8)19(13,16)17)18-6-2-1-3-11(14)15/h4-5,7H,1-3,6H2,(H,14,15). The van der Waals surface area contributed by atoms with E-state index in [4.69, 9.17) is 20.5 Å². The van der Waals surface area contributed by atoms with Crippen LogP contribution < -0.4 is 4.74 Å². The molecule has 0 saturated carbocycles. The molecule has 0 fully saturated rings. The normalized spacial score (nSPS) is 11.3. The van der Waals surface area contributed by atoms with Crippen LogP contribution in [-0.2, 0) is 13.8 Å². The lowest BCUT2D eigenvalue weighted by Crippen LogP contribution is -2.03. The molecule has 0 spiro atoms. The van der Waals surface area contributed by atoms with Gasteiger partial charge in [0.05, 0.1) is 6.61 Å². The van der Waals surface area contributed by atoms with E-state index >= 15 is 0 Å². The van der Waals surface area contributed by atoms with Gasteiger partial charge in [-0.15, -0.1) is 0 Å². The van der Waals surface area contributed by atoms with E-state index in [0.29, 0.717) is 17.3 Å². The van der Waals surface area contributed by atoms with Crippen molar-refractivity contribution in [1.29, 1.82) is 0 Å². The first-order valence-corrected chi connectivity index (χ1v) is 8.50. The largest absolute Gasteiger partial charge is 0.492 e. The molecule has 0 amide bonds. The summed E-state index contributed by atoms with van der Waals surface area (Å²) in [7, 11) is 1.42. The van der Waals surface area contributed by atoms with Crippen LogP contribution in [0.5, 0.6) is 5.75 Å². The Morgan fingerprint density at radius 1 is 1.37 bits per heavy atom. The lowest BCUT2D eigenvalue weighted by Gasteiger charge is -2.09. The van der Waals surface area contributed by atoms with Crippen LogP contribution in [0.4, 0.5) is 0 Å². The lowest BCUT2D eigenvalue weighted by atomic mass is 10.2. The molecular weight excluding hydrogens is 360 g/mol. The second-order valence-electron chi connectivity index (χ2n) is 3.73. The molecule has 0 aromatic heterocycles. The maximum Gasteiger partial charge on any atom is 0.303 e. The molecule has 0 saturated heterocycles. The minimum absolute atomic E-state index is 0.0599. The van der Waals surface area contributed by atoms with Gasteiger partial charge in [-0.1, -0.05) is 15.9 Å². The number of carboxylic acids is 1. The maximum absolute atomic E-state index is 11.4. The summed E-state index contributed by atoms with van der Waals surface area (Å²) in [5.74, 6) is -0.707. The second kappa shape index (κ2) is 7.12. The summed E-state index contributed by atoms with van der Waals surface area (Å²) in [5.41, 5.74) is 0. The Labute approximate surface area is 124 Å². The third-order valence-electron chi connectivity index (χ3n) is 2.21. The van der Waals surface area contributed by atoms with Gasteiger partial charge in [0.25, 0.3) is 9.05 Å². The Morgan fingerprint density at radius 3 is 2.63 bits per heavy atom. The molecule has 0 unspecified atom stereocenters. The summed E-state index contributed by atoms with van der Waals surface area (Å²) >= 11 is 3.15. The van der Waals surface area contributed by atoms with Crippen molar-refractivity contribution in [3.63, 3.8) is 0 Å². The van der Waals surface area contributed by atoms with Gasteiger partial charge < -0.3 is 9.84 Å². The van der Waals surface area contributed by atoms with Gasteiger partial charge in [-0.2, -0.15) is 0 Å². The van der Waals surface area contributed by atoms with Crippen LogP contribution in [0.15, 0.2) is 27.6 Å². The SMILES string of the molecule is O=C(O)CCCCOc1ccc(Br)cc1S(=O)(=O)Cl. The van der Waals surface area contributed by atoms with Gasteiger partial charge in [-0.3, -0.25) is 4.79 Å². The first-order valence-electron chi connectivity index (χ1n) is 5.39. The van der Waals surface area contributed by atoms with Crippen molar-refractivity contribution in [2.75, 3.05) is 6.61 Å². The second-order valence-corrected chi connectivity index (χ2v) is 7.18. The first kappa shape index (κ1) is 16.3. The van der Waals surface area contributed by atoms with Crippen molar-refractivity contribution >= 4 is 41.6 Å². The summed E-state index contributed by atoms with van der Waals surface area (Å²) in [6, 6.07) is 4.49. The molecular formula is C11H12BrClO5S. The zero-order valence-electron chi connectivity index (χ0n) is 9.80. The number of carboxylic acid groups (broad SMARTS) is 1. The molecule has 0 atom stereocenters. The Morgan fingerprint density at radius 2 is 2.05 bits per heavy atom. The minimum atomic E-state index is -3.89. The van der Waals surface area contributed by atoms with E-state index in [2.05, 4.69) is 15.9 Å². The molecule has 106 valence electrons. The molecule has 8 heteroatoms. The molecule has 0 aliphatic carbocycles. The van der Waals surface area contributed by atoms with Gasteiger partial charge in [-0.05, 0) is 31.0 Å². The number of ether oxygens (including phenoxy) is 1. The molecule has 1 N–H and O–H groups in total. The Hall–Kier alpha value is -0.790. The summed E-state index contributed by atoms with van der Waals surface area (Å²) in [6.07, 6.45) is 1.04. The highest BCUT2D eigenvalue weighted by molar-refractivity contribution is 9.10. The molecule has 1 rings (SSSR count). The predicted molar refractivity (Wildman–Crippen MR) is 74.2 cm³/mol. The monoisotopic (exact) mass is 370 g/mol. The van der Waals surface area contributed by atoms with Crippen molar-refractivity contribution in [1.82, 2.24) is 0 Å². The average molecular weight is 372 g/mol. The van der Waals surface area contributed by atoms with Crippen LogP contribution in [0.2, 0.25) is 0 Å². The van der Waals surface area contributed by atoms with E-state index in [1.54, 1.807) is 6.07 Å². The van der Waals surface area contributed by atoms with E-state index < -0.39 is 15.0 Å². The van der Waals surface area contributed by atoms with Gasteiger partial charge in [0, 0.05) is 21.6 Å². The molecule has 0 radical (unpaired) electrons. The smallest absolute Gasteiger partial charge is 0.303 e. The predicted octanol–water partition coefficient (Wildman–Crippen LogP) is 3.01. The maximum atomic E-state index is 11.4. The van der Waals surface area contributed by atoms with Crippen LogP contribution in [0, 0.1) is 0 Å². The fourth-order valence-electron chi connectivity index (χ4n) is 1.35. The average Bonchev–Trinajstić information content (AvgIpc) is 2.28. The number of hydrogen-bond donors (Lipinski definition) is 1. The molecule has 1 aromatic carbocycles. The van der Waals surface area contributed by atoms with Gasteiger partial charge in [-0.25, -0.2) is 8.42 Å². The Bertz CT molecular complexity index is 558. The van der Waals surface area contributed by atoms with E-state index in [9.17, 15) is 13.2 Å². The number of hydrogen-bond acceptors (Lipinski definition) is 4. The van der Waals surface area contributed by atoms with E-state index in [1.807, 2.05) is 0 Å². The van der Waals surface area contributed by atoms with E-state index in [0.717, 1.165) is 0 Å². The van der Waals surface area contributed by atoms with Crippen molar-refractivity contribution < 1.29 is 23.1 Å². The molecule has 0 aliphatic rings. The molecule has 0 bridgehead atoms. The molecule has 1 aromatic rings. The molecule has 5 nitrogen and oxygen atoms in total. The van der Waals surface area contributed by atoms with Gasteiger partial charge in [0.15, 0.2) is 0 Å². The fourth-order valence-corrected chi connectivity index (χ4v) is 2.86. The lowest BCUT2D eigenvalue weighted by molar-refractivity contribution is -0.137. The molecule has 0 aliphatic heterocycles. The topological polar surface area (TPSA) is 80.7 Å². The first-order chi connectivity index (χ1) is 8.80. The minimum Gasteiger partial charge on any atom is -0.492 e. The van der Waals surface area contributed by atoms with Crippen LogP contribution in [0.25, 0.3) is 0 Å². The highest BCUT2D eigenvalue weighted by Crippen LogP contribution is 2.30. The molecule has 19 heavy (non-hydrogen) atoms.